The van der Waals surface area contributed by atoms with E-state index in [0.717, 1.165) is 41.1 Å². The van der Waals surface area contributed by atoms with Crippen molar-refractivity contribution in [3.63, 3.8) is 0 Å². The molecular formula is C20H23N3O4S. The lowest BCUT2D eigenvalue weighted by Crippen LogP contribution is -2.37. The third-order valence-electron chi connectivity index (χ3n) is 4.70. The molecule has 0 spiro atoms. The minimum Gasteiger partial charge on any atom is -0.484 e. The van der Waals surface area contributed by atoms with Gasteiger partial charge in [0.05, 0.1) is 21.3 Å². The Labute approximate surface area is 167 Å². The number of hydrogen-bond acceptors (Lipinski definition) is 7. The van der Waals surface area contributed by atoms with Crippen LogP contribution in [-0.2, 0) is 11.3 Å². The van der Waals surface area contributed by atoms with Gasteiger partial charge in [-0.15, -0.1) is 11.3 Å². The normalized spacial score (nSPS) is 17.0. The highest BCUT2D eigenvalue weighted by Gasteiger charge is 2.22. The van der Waals surface area contributed by atoms with Crippen molar-refractivity contribution in [2.75, 3.05) is 20.2 Å². The molecule has 4 rings (SSSR count). The predicted molar refractivity (Wildman–Crippen MR) is 106 cm³/mol. The minimum atomic E-state index is -0.177. The number of fused-ring (bicyclic) bond motifs is 1. The van der Waals surface area contributed by atoms with Gasteiger partial charge in [0.25, 0.3) is 5.91 Å². The SMILES string of the molecule is Cc1nc2cc(OCc3nc(C(=O)N(C)C[C@H]4CCCCO4)co3)ccc2s1. The van der Waals surface area contributed by atoms with Crippen LogP contribution >= 0.6 is 11.3 Å². The molecule has 28 heavy (non-hydrogen) atoms. The maximum atomic E-state index is 12.6. The van der Waals surface area contributed by atoms with Crippen molar-refractivity contribution in [2.45, 2.75) is 38.9 Å². The number of likely N-dealkylation sites (N-methyl/N-ethyl adjacent to an activating group) is 1. The average molecular weight is 401 g/mol. The summed E-state index contributed by atoms with van der Waals surface area (Å²) in [4.78, 5) is 22.9. The molecule has 0 N–H and O–H groups in total. The first kappa shape index (κ1) is 18.9. The van der Waals surface area contributed by atoms with E-state index in [1.54, 1.807) is 23.3 Å². The number of carbonyl (C=O) groups excluding carboxylic acids is 1. The van der Waals surface area contributed by atoms with Crippen LogP contribution in [0.25, 0.3) is 10.2 Å². The van der Waals surface area contributed by atoms with Gasteiger partial charge in [-0.2, -0.15) is 0 Å². The van der Waals surface area contributed by atoms with Gasteiger partial charge in [-0.3, -0.25) is 4.79 Å². The summed E-state index contributed by atoms with van der Waals surface area (Å²) in [6.45, 7) is 3.46. The Morgan fingerprint density at radius 1 is 1.36 bits per heavy atom. The van der Waals surface area contributed by atoms with Crippen molar-refractivity contribution >= 4 is 27.5 Å². The average Bonchev–Trinajstić information content (AvgIpc) is 3.31. The van der Waals surface area contributed by atoms with E-state index in [1.807, 2.05) is 25.1 Å². The molecule has 3 heterocycles. The van der Waals surface area contributed by atoms with E-state index in [1.165, 1.54) is 6.26 Å². The number of hydrogen-bond donors (Lipinski definition) is 0. The number of aryl methyl sites for hydroxylation is 1. The smallest absolute Gasteiger partial charge is 0.275 e. The van der Waals surface area contributed by atoms with Crippen LogP contribution in [-0.4, -0.2) is 47.1 Å². The highest BCUT2D eigenvalue weighted by molar-refractivity contribution is 7.18. The van der Waals surface area contributed by atoms with Crippen LogP contribution in [0.5, 0.6) is 5.75 Å². The van der Waals surface area contributed by atoms with E-state index in [9.17, 15) is 4.79 Å². The Balaban J connectivity index is 1.34. The van der Waals surface area contributed by atoms with Crippen molar-refractivity contribution in [1.82, 2.24) is 14.9 Å². The zero-order valence-electron chi connectivity index (χ0n) is 16.0. The Morgan fingerprint density at radius 3 is 3.07 bits per heavy atom. The van der Waals surface area contributed by atoms with E-state index in [0.29, 0.717) is 18.2 Å². The Morgan fingerprint density at radius 2 is 2.25 bits per heavy atom. The number of nitrogens with zero attached hydrogens (tertiary/aromatic N) is 3. The maximum absolute atomic E-state index is 12.6. The second-order valence-electron chi connectivity index (χ2n) is 6.95. The summed E-state index contributed by atoms with van der Waals surface area (Å²) >= 11 is 1.65. The second kappa shape index (κ2) is 8.28. The van der Waals surface area contributed by atoms with Gasteiger partial charge in [-0.1, -0.05) is 0 Å². The number of aromatic nitrogens is 2. The summed E-state index contributed by atoms with van der Waals surface area (Å²) in [6, 6.07) is 5.78. The molecule has 1 fully saturated rings. The summed E-state index contributed by atoms with van der Waals surface area (Å²) in [6.07, 6.45) is 4.70. The fourth-order valence-corrected chi connectivity index (χ4v) is 4.08. The van der Waals surface area contributed by atoms with Crippen molar-refractivity contribution in [3.05, 3.63) is 41.1 Å². The van der Waals surface area contributed by atoms with Crippen LogP contribution in [0.3, 0.4) is 0 Å². The Hall–Kier alpha value is -2.45. The first-order valence-electron chi connectivity index (χ1n) is 9.40. The number of rotatable bonds is 6. The second-order valence-corrected chi connectivity index (χ2v) is 8.19. The van der Waals surface area contributed by atoms with Gasteiger partial charge in [-0.25, -0.2) is 9.97 Å². The Kier molecular flexibility index (Phi) is 5.59. The molecule has 7 nitrogen and oxygen atoms in total. The zero-order chi connectivity index (χ0) is 19.5. The summed E-state index contributed by atoms with van der Waals surface area (Å²) in [7, 11) is 1.76. The van der Waals surface area contributed by atoms with Crippen molar-refractivity contribution in [1.29, 1.82) is 0 Å². The molecule has 1 saturated heterocycles. The molecule has 8 heteroatoms. The summed E-state index contributed by atoms with van der Waals surface area (Å²) in [5, 5.41) is 1.02. The van der Waals surface area contributed by atoms with Gasteiger partial charge >= 0.3 is 0 Å². The third-order valence-corrected chi connectivity index (χ3v) is 5.65. The lowest BCUT2D eigenvalue weighted by Gasteiger charge is -2.26. The number of amides is 1. The van der Waals surface area contributed by atoms with Crippen LogP contribution < -0.4 is 4.74 Å². The van der Waals surface area contributed by atoms with E-state index in [-0.39, 0.29) is 24.3 Å². The monoisotopic (exact) mass is 401 g/mol. The number of thiazole rings is 1. The fraction of sp³-hybridized carbons (Fsp3) is 0.450. The van der Waals surface area contributed by atoms with Gasteiger partial charge in [0.15, 0.2) is 12.3 Å². The lowest BCUT2D eigenvalue weighted by molar-refractivity contribution is -0.000293. The molecule has 1 aliphatic rings. The standard InChI is InChI=1S/C20H23N3O4S/c1-13-21-16-9-14(6-7-18(16)28-13)26-12-19-22-17(11-27-19)20(24)23(2)10-15-5-3-4-8-25-15/h6-7,9,11,15H,3-5,8,10,12H2,1-2H3/t15-/m1/s1. The van der Waals surface area contributed by atoms with Crippen LogP contribution in [0.15, 0.2) is 28.9 Å². The quantitative estimate of drug-likeness (QED) is 0.625. The van der Waals surface area contributed by atoms with Gasteiger partial charge < -0.3 is 18.8 Å². The molecule has 1 amide bonds. The van der Waals surface area contributed by atoms with E-state index in [2.05, 4.69) is 9.97 Å². The lowest BCUT2D eigenvalue weighted by atomic mass is 10.1. The largest absolute Gasteiger partial charge is 0.484 e. The molecular weight excluding hydrogens is 378 g/mol. The number of benzene rings is 1. The molecule has 1 aliphatic heterocycles. The van der Waals surface area contributed by atoms with Crippen LogP contribution in [0.4, 0.5) is 0 Å². The Bertz CT molecular complexity index is 961. The number of carbonyl (C=O) groups is 1. The van der Waals surface area contributed by atoms with Crippen molar-refractivity contribution in [2.24, 2.45) is 0 Å². The highest BCUT2D eigenvalue weighted by Crippen LogP contribution is 2.26. The molecule has 0 radical (unpaired) electrons. The summed E-state index contributed by atoms with van der Waals surface area (Å²) < 4.78 is 18.0. The molecule has 0 bridgehead atoms. The van der Waals surface area contributed by atoms with Crippen LogP contribution in [0.1, 0.15) is 40.6 Å². The van der Waals surface area contributed by atoms with E-state index in [4.69, 9.17) is 13.9 Å². The van der Waals surface area contributed by atoms with Gasteiger partial charge in [-0.05, 0) is 38.3 Å². The molecule has 1 aromatic carbocycles. The number of oxazole rings is 1. The van der Waals surface area contributed by atoms with Crippen LogP contribution in [0.2, 0.25) is 0 Å². The molecule has 148 valence electrons. The maximum Gasteiger partial charge on any atom is 0.275 e. The predicted octanol–water partition coefficient (Wildman–Crippen LogP) is 3.81. The molecule has 0 aliphatic carbocycles. The molecule has 1 atom stereocenters. The van der Waals surface area contributed by atoms with Crippen LogP contribution in [0, 0.1) is 6.92 Å². The highest BCUT2D eigenvalue weighted by atomic mass is 32.1. The number of ether oxygens (including phenoxy) is 2. The van der Waals surface area contributed by atoms with Crippen molar-refractivity contribution < 1.29 is 18.7 Å². The first-order valence-corrected chi connectivity index (χ1v) is 10.2. The molecule has 2 aromatic heterocycles. The van der Waals surface area contributed by atoms with Gasteiger partial charge in [0, 0.05) is 26.3 Å². The molecule has 3 aromatic rings. The van der Waals surface area contributed by atoms with E-state index < -0.39 is 0 Å². The zero-order valence-corrected chi connectivity index (χ0v) is 16.8. The van der Waals surface area contributed by atoms with Gasteiger partial charge in [0.1, 0.15) is 12.0 Å². The van der Waals surface area contributed by atoms with Gasteiger partial charge in [0.2, 0.25) is 5.89 Å². The minimum absolute atomic E-state index is 0.0988. The molecule has 0 unspecified atom stereocenters. The summed E-state index contributed by atoms with van der Waals surface area (Å²) in [5.74, 6) is 0.874. The third kappa shape index (κ3) is 4.34. The molecule has 0 saturated carbocycles. The fourth-order valence-electron chi connectivity index (χ4n) is 3.27. The van der Waals surface area contributed by atoms with E-state index >= 15 is 0 Å². The summed E-state index contributed by atoms with van der Waals surface area (Å²) in [5.41, 5.74) is 1.19. The topological polar surface area (TPSA) is 77.7 Å². The van der Waals surface area contributed by atoms with Crippen molar-refractivity contribution in [3.8, 4) is 5.75 Å². The first-order chi connectivity index (χ1) is 13.6.